The molecule has 2 aromatic rings. The number of thiazole rings is 1. The molecule has 0 aliphatic carbocycles. The monoisotopic (exact) mass is 358 g/mol. The lowest BCUT2D eigenvalue weighted by Crippen LogP contribution is -2.23. The van der Waals surface area contributed by atoms with Crippen LogP contribution in [0.5, 0.6) is 0 Å². The second-order valence-electron chi connectivity index (χ2n) is 5.98. The Morgan fingerprint density at radius 2 is 2.28 bits per heavy atom. The molecule has 0 spiro atoms. The van der Waals surface area contributed by atoms with E-state index in [1.807, 2.05) is 29.6 Å². The summed E-state index contributed by atoms with van der Waals surface area (Å²) in [6.07, 6.45) is 1.66. The van der Waals surface area contributed by atoms with Crippen molar-refractivity contribution < 1.29 is 9.59 Å². The Hall–Kier alpha value is -2.25. The molecule has 3 rings (SSSR count). The van der Waals surface area contributed by atoms with Gasteiger partial charge < -0.3 is 10.6 Å². The lowest BCUT2D eigenvalue weighted by Gasteiger charge is -2.10. The number of nitrogens with one attached hydrogen (secondary N) is 2. The van der Waals surface area contributed by atoms with Crippen LogP contribution in [0.25, 0.3) is 0 Å². The minimum absolute atomic E-state index is 0.106. The van der Waals surface area contributed by atoms with E-state index in [-0.39, 0.29) is 18.2 Å². The summed E-state index contributed by atoms with van der Waals surface area (Å²) >= 11 is 1.42. The lowest BCUT2D eigenvalue weighted by molar-refractivity contribution is -0.117. The van der Waals surface area contributed by atoms with Gasteiger partial charge in [-0.2, -0.15) is 0 Å². The van der Waals surface area contributed by atoms with Gasteiger partial charge in [0.2, 0.25) is 11.8 Å². The number of hydrogen-bond acceptors (Lipinski definition) is 5. The van der Waals surface area contributed by atoms with Gasteiger partial charge in [0.1, 0.15) is 0 Å². The fourth-order valence-electron chi connectivity index (χ4n) is 2.75. The molecule has 1 fully saturated rings. The molecular formula is C18H22N4O2S. The molecule has 1 aliphatic heterocycles. The summed E-state index contributed by atoms with van der Waals surface area (Å²) in [6.45, 7) is 4.46. The van der Waals surface area contributed by atoms with Crippen molar-refractivity contribution in [1.82, 2.24) is 10.3 Å². The number of hydrogen-bond donors (Lipinski definition) is 2. The summed E-state index contributed by atoms with van der Waals surface area (Å²) in [4.78, 5) is 30.2. The molecule has 7 heteroatoms. The van der Waals surface area contributed by atoms with Gasteiger partial charge in [0.15, 0.2) is 5.13 Å². The van der Waals surface area contributed by atoms with Crippen molar-refractivity contribution in [2.24, 2.45) is 0 Å². The average molecular weight is 358 g/mol. The molecule has 25 heavy (non-hydrogen) atoms. The van der Waals surface area contributed by atoms with Crippen molar-refractivity contribution in [2.45, 2.75) is 32.7 Å². The Labute approximate surface area is 151 Å². The molecule has 132 valence electrons. The SMILES string of the molecule is CCNCc1cccc(NC(=O)Cc2csc(N3CCCC3=O)n2)c1. The molecular weight excluding hydrogens is 336 g/mol. The van der Waals surface area contributed by atoms with E-state index in [2.05, 4.69) is 22.5 Å². The zero-order chi connectivity index (χ0) is 17.6. The van der Waals surface area contributed by atoms with Crippen LogP contribution in [0.15, 0.2) is 29.6 Å². The molecule has 0 saturated carbocycles. The highest BCUT2D eigenvalue weighted by atomic mass is 32.1. The van der Waals surface area contributed by atoms with E-state index in [9.17, 15) is 9.59 Å². The first-order valence-electron chi connectivity index (χ1n) is 8.50. The van der Waals surface area contributed by atoms with E-state index in [1.165, 1.54) is 11.3 Å². The van der Waals surface area contributed by atoms with Crippen molar-refractivity contribution >= 4 is 34.0 Å². The minimum Gasteiger partial charge on any atom is -0.326 e. The fourth-order valence-corrected chi connectivity index (χ4v) is 3.62. The zero-order valence-electron chi connectivity index (χ0n) is 14.2. The summed E-state index contributed by atoms with van der Waals surface area (Å²) in [6, 6.07) is 7.80. The van der Waals surface area contributed by atoms with Gasteiger partial charge in [-0.15, -0.1) is 11.3 Å². The number of amides is 2. The summed E-state index contributed by atoms with van der Waals surface area (Å²) in [5.41, 5.74) is 2.61. The van der Waals surface area contributed by atoms with Gasteiger partial charge in [-0.25, -0.2) is 4.98 Å². The number of benzene rings is 1. The first-order valence-corrected chi connectivity index (χ1v) is 9.38. The van der Waals surface area contributed by atoms with Crippen LogP contribution in [0.3, 0.4) is 0 Å². The molecule has 2 amide bonds. The number of nitrogens with zero attached hydrogens (tertiary/aromatic N) is 2. The topological polar surface area (TPSA) is 74.3 Å². The number of anilines is 2. The number of aromatic nitrogens is 1. The molecule has 6 nitrogen and oxygen atoms in total. The standard InChI is InChI=1S/C18H22N4O2S/c1-2-19-11-13-5-3-6-14(9-13)20-16(23)10-15-12-25-18(21-15)22-8-4-7-17(22)24/h3,5-6,9,12,19H,2,4,7-8,10-11H2,1H3,(H,20,23). The predicted octanol–water partition coefficient (Wildman–Crippen LogP) is 2.56. The van der Waals surface area contributed by atoms with Crippen molar-refractivity contribution in [3.8, 4) is 0 Å². The van der Waals surface area contributed by atoms with Gasteiger partial charge in [-0.05, 0) is 30.7 Å². The molecule has 1 saturated heterocycles. The highest BCUT2D eigenvalue weighted by molar-refractivity contribution is 7.14. The van der Waals surface area contributed by atoms with Gasteiger partial charge in [-0.1, -0.05) is 19.1 Å². The predicted molar refractivity (Wildman–Crippen MR) is 99.9 cm³/mol. The van der Waals surface area contributed by atoms with Crippen LogP contribution < -0.4 is 15.5 Å². The molecule has 1 aromatic heterocycles. The van der Waals surface area contributed by atoms with Crippen molar-refractivity contribution in [3.63, 3.8) is 0 Å². The van der Waals surface area contributed by atoms with Crippen LogP contribution in [-0.2, 0) is 22.6 Å². The van der Waals surface area contributed by atoms with E-state index in [0.29, 0.717) is 17.2 Å². The van der Waals surface area contributed by atoms with Crippen LogP contribution in [0.2, 0.25) is 0 Å². The van der Waals surface area contributed by atoms with Gasteiger partial charge in [0, 0.05) is 30.6 Å². The highest BCUT2D eigenvalue weighted by Gasteiger charge is 2.24. The minimum atomic E-state index is -0.106. The van der Waals surface area contributed by atoms with Crippen molar-refractivity contribution in [2.75, 3.05) is 23.3 Å². The molecule has 1 aliphatic rings. The van der Waals surface area contributed by atoms with E-state index >= 15 is 0 Å². The second-order valence-corrected chi connectivity index (χ2v) is 6.81. The fraction of sp³-hybridized carbons (Fsp3) is 0.389. The third kappa shape index (κ3) is 4.64. The van der Waals surface area contributed by atoms with Crippen LogP contribution >= 0.6 is 11.3 Å². The maximum atomic E-state index is 12.3. The molecule has 0 atom stereocenters. The second kappa shape index (κ2) is 8.22. The number of rotatable bonds is 7. The average Bonchev–Trinajstić information content (AvgIpc) is 3.21. The molecule has 0 radical (unpaired) electrons. The molecule has 1 aromatic carbocycles. The number of carbonyl (C=O) groups is 2. The largest absolute Gasteiger partial charge is 0.326 e. The Bertz CT molecular complexity index is 759. The van der Waals surface area contributed by atoms with Crippen LogP contribution in [0.4, 0.5) is 10.8 Å². The molecule has 0 bridgehead atoms. The molecule has 0 unspecified atom stereocenters. The number of carbonyl (C=O) groups excluding carboxylic acids is 2. The first kappa shape index (κ1) is 17.6. The maximum Gasteiger partial charge on any atom is 0.230 e. The third-order valence-electron chi connectivity index (χ3n) is 3.98. The van der Waals surface area contributed by atoms with Crippen molar-refractivity contribution in [3.05, 3.63) is 40.9 Å². The van der Waals surface area contributed by atoms with Gasteiger partial charge in [0.25, 0.3) is 0 Å². The summed E-state index contributed by atoms with van der Waals surface area (Å²) in [5.74, 6) is 0.00746. The summed E-state index contributed by atoms with van der Waals surface area (Å²) in [7, 11) is 0. The molecule has 2 N–H and O–H groups in total. The van der Waals surface area contributed by atoms with Gasteiger partial charge in [0.05, 0.1) is 12.1 Å². The van der Waals surface area contributed by atoms with Crippen LogP contribution in [-0.4, -0.2) is 29.9 Å². The Kier molecular flexibility index (Phi) is 5.78. The summed E-state index contributed by atoms with van der Waals surface area (Å²) < 4.78 is 0. The van der Waals surface area contributed by atoms with E-state index in [0.717, 1.165) is 37.3 Å². The lowest BCUT2D eigenvalue weighted by atomic mass is 10.2. The highest BCUT2D eigenvalue weighted by Crippen LogP contribution is 2.25. The maximum absolute atomic E-state index is 12.3. The Morgan fingerprint density at radius 3 is 3.04 bits per heavy atom. The van der Waals surface area contributed by atoms with Gasteiger partial charge >= 0.3 is 0 Å². The Morgan fingerprint density at radius 1 is 1.40 bits per heavy atom. The first-order chi connectivity index (χ1) is 12.2. The zero-order valence-corrected chi connectivity index (χ0v) is 15.1. The third-order valence-corrected chi connectivity index (χ3v) is 4.89. The van der Waals surface area contributed by atoms with E-state index < -0.39 is 0 Å². The summed E-state index contributed by atoms with van der Waals surface area (Å²) in [5, 5.41) is 8.72. The van der Waals surface area contributed by atoms with Gasteiger partial charge in [-0.3, -0.25) is 14.5 Å². The normalized spacial score (nSPS) is 14.1. The molecule has 2 heterocycles. The van der Waals surface area contributed by atoms with Crippen LogP contribution in [0.1, 0.15) is 31.0 Å². The van der Waals surface area contributed by atoms with E-state index in [4.69, 9.17) is 0 Å². The quantitative estimate of drug-likeness (QED) is 0.798. The Balaban J connectivity index is 1.57. The smallest absolute Gasteiger partial charge is 0.230 e. The van der Waals surface area contributed by atoms with E-state index in [1.54, 1.807) is 4.90 Å². The van der Waals surface area contributed by atoms with Crippen LogP contribution in [0, 0.1) is 0 Å². The van der Waals surface area contributed by atoms with Crippen molar-refractivity contribution in [1.29, 1.82) is 0 Å².